The summed E-state index contributed by atoms with van der Waals surface area (Å²) in [5, 5.41) is 3.13. The van der Waals surface area contributed by atoms with Crippen LogP contribution in [0.15, 0.2) is 24.4 Å². The van der Waals surface area contributed by atoms with E-state index < -0.39 is 5.82 Å². The first kappa shape index (κ1) is 11.9. The van der Waals surface area contributed by atoms with Crippen LogP contribution in [0.3, 0.4) is 0 Å². The van der Waals surface area contributed by atoms with Crippen molar-refractivity contribution in [3.8, 4) is 0 Å². The van der Waals surface area contributed by atoms with E-state index in [2.05, 4.69) is 15.3 Å². The van der Waals surface area contributed by atoms with E-state index in [0.29, 0.717) is 17.2 Å². The molecule has 0 atom stereocenters. The predicted octanol–water partition coefficient (Wildman–Crippen LogP) is 3.25. The van der Waals surface area contributed by atoms with Gasteiger partial charge in [0.25, 0.3) is 0 Å². The first-order chi connectivity index (χ1) is 8.06. The van der Waals surface area contributed by atoms with Crippen molar-refractivity contribution in [1.29, 1.82) is 0 Å². The Morgan fingerprint density at radius 2 is 2.06 bits per heavy atom. The van der Waals surface area contributed by atoms with Crippen LogP contribution in [0, 0.1) is 5.82 Å². The van der Waals surface area contributed by atoms with Crippen molar-refractivity contribution in [3.63, 3.8) is 0 Å². The molecule has 0 saturated carbocycles. The molecule has 0 fully saturated rings. The quantitative estimate of drug-likeness (QED) is 0.824. The van der Waals surface area contributed by atoms with Gasteiger partial charge >= 0.3 is 0 Å². The Bertz CT molecular complexity index is 562. The Kier molecular flexibility index (Phi) is 3.31. The predicted molar refractivity (Wildman–Crippen MR) is 66.1 cm³/mol. The normalized spacial score (nSPS) is 10.3. The third kappa shape index (κ3) is 2.75. The third-order valence-electron chi connectivity index (χ3n) is 1.97. The number of rotatable bonds is 2. The lowest BCUT2D eigenvalue weighted by atomic mass is 10.3. The first-order valence-corrected chi connectivity index (χ1v) is 5.32. The topological polar surface area (TPSA) is 63.8 Å². The van der Waals surface area contributed by atoms with E-state index in [1.165, 1.54) is 24.4 Å². The fraction of sp³-hybridized carbons (Fsp3) is 0. The Morgan fingerprint density at radius 3 is 2.76 bits per heavy atom. The summed E-state index contributed by atoms with van der Waals surface area (Å²) in [5.74, 6) is -0.104. The highest BCUT2D eigenvalue weighted by molar-refractivity contribution is 6.33. The van der Waals surface area contributed by atoms with Gasteiger partial charge in [-0.2, -0.15) is 4.98 Å². The van der Waals surface area contributed by atoms with E-state index in [4.69, 9.17) is 28.9 Å². The number of hydrogen-bond donors (Lipinski definition) is 2. The fourth-order valence-electron chi connectivity index (χ4n) is 1.19. The second-order valence-corrected chi connectivity index (χ2v) is 3.94. The SMILES string of the molecule is Nc1cnc(Cl)nc1Nc1ccc(F)cc1Cl. The van der Waals surface area contributed by atoms with Crippen LogP contribution < -0.4 is 11.1 Å². The molecule has 0 amide bonds. The lowest BCUT2D eigenvalue weighted by molar-refractivity contribution is 0.628. The number of halogens is 3. The van der Waals surface area contributed by atoms with Gasteiger partial charge in [0.05, 0.1) is 22.6 Å². The molecule has 2 aromatic rings. The molecule has 1 heterocycles. The highest BCUT2D eigenvalue weighted by atomic mass is 35.5. The molecule has 1 aromatic carbocycles. The highest BCUT2D eigenvalue weighted by Crippen LogP contribution is 2.27. The molecule has 0 spiro atoms. The van der Waals surface area contributed by atoms with Crippen molar-refractivity contribution in [2.24, 2.45) is 0 Å². The van der Waals surface area contributed by atoms with Gasteiger partial charge in [-0.1, -0.05) is 11.6 Å². The van der Waals surface area contributed by atoms with Crippen LogP contribution in [0.1, 0.15) is 0 Å². The number of nitrogens with zero attached hydrogens (tertiary/aromatic N) is 2. The lowest BCUT2D eigenvalue weighted by Crippen LogP contribution is -2.01. The van der Waals surface area contributed by atoms with Crippen LogP contribution in [0.2, 0.25) is 10.3 Å². The van der Waals surface area contributed by atoms with E-state index in [9.17, 15) is 4.39 Å². The molecule has 17 heavy (non-hydrogen) atoms. The maximum Gasteiger partial charge on any atom is 0.224 e. The van der Waals surface area contributed by atoms with Crippen molar-refractivity contribution in [1.82, 2.24) is 9.97 Å². The number of nitrogens with one attached hydrogen (secondary N) is 1. The van der Waals surface area contributed by atoms with Gasteiger partial charge < -0.3 is 11.1 Å². The summed E-state index contributed by atoms with van der Waals surface area (Å²) in [6, 6.07) is 3.93. The van der Waals surface area contributed by atoms with Gasteiger partial charge in [0, 0.05) is 0 Å². The summed E-state index contributed by atoms with van der Waals surface area (Å²) in [7, 11) is 0. The lowest BCUT2D eigenvalue weighted by Gasteiger charge is -2.09. The Balaban J connectivity index is 2.34. The Labute approximate surface area is 107 Å². The molecule has 0 aliphatic carbocycles. The average Bonchev–Trinajstić information content (AvgIpc) is 2.27. The van der Waals surface area contributed by atoms with E-state index in [0.717, 1.165) is 0 Å². The molecule has 7 heteroatoms. The second-order valence-electron chi connectivity index (χ2n) is 3.19. The van der Waals surface area contributed by atoms with Gasteiger partial charge in [0.2, 0.25) is 5.28 Å². The van der Waals surface area contributed by atoms with Crippen LogP contribution in [0.25, 0.3) is 0 Å². The largest absolute Gasteiger partial charge is 0.394 e. The van der Waals surface area contributed by atoms with Crippen LogP contribution >= 0.6 is 23.2 Å². The number of hydrogen-bond acceptors (Lipinski definition) is 4. The van der Waals surface area contributed by atoms with E-state index in [1.807, 2.05) is 0 Å². The minimum Gasteiger partial charge on any atom is -0.394 e. The molecule has 0 saturated heterocycles. The zero-order valence-corrected chi connectivity index (χ0v) is 9.93. The average molecular weight is 273 g/mol. The van der Waals surface area contributed by atoms with Crippen LogP contribution in [0.4, 0.5) is 21.6 Å². The van der Waals surface area contributed by atoms with Crippen molar-refractivity contribution in [2.75, 3.05) is 11.1 Å². The standard InChI is InChI=1S/C10H7Cl2FN4/c11-6-3-5(13)1-2-8(6)16-9-7(14)4-15-10(12)17-9/h1-4H,14H2,(H,15,16,17). The molecule has 0 aliphatic heterocycles. The number of nitrogens with two attached hydrogens (primary N) is 1. The zero-order chi connectivity index (χ0) is 12.4. The van der Waals surface area contributed by atoms with E-state index in [1.54, 1.807) is 0 Å². The van der Waals surface area contributed by atoms with Gasteiger partial charge in [-0.25, -0.2) is 9.37 Å². The molecular formula is C10H7Cl2FN4. The summed E-state index contributed by atoms with van der Waals surface area (Å²) in [6.45, 7) is 0. The molecule has 88 valence electrons. The summed E-state index contributed by atoms with van der Waals surface area (Å²) < 4.78 is 12.8. The number of aromatic nitrogens is 2. The van der Waals surface area contributed by atoms with Crippen molar-refractivity contribution in [3.05, 3.63) is 40.5 Å². The number of anilines is 3. The van der Waals surface area contributed by atoms with Crippen molar-refractivity contribution >= 4 is 40.4 Å². The minimum absolute atomic E-state index is 0.0555. The molecule has 0 unspecified atom stereocenters. The molecule has 4 nitrogen and oxygen atoms in total. The van der Waals surface area contributed by atoms with Gasteiger partial charge in [0.15, 0.2) is 5.82 Å². The molecular weight excluding hydrogens is 266 g/mol. The number of nitrogen functional groups attached to an aromatic ring is 1. The zero-order valence-electron chi connectivity index (χ0n) is 8.42. The molecule has 1 aromatic heterocycles. The van der Waals surface area contributed by atoms with Crippen LogP contribution in [-0.4, -0.2) is 9.97 Å². The minimum atomic E-state index is -0.422. The third-order valence-corrected chi connectivity index (χ3v) is 2.47. The molecule has 0 aliphatic rings. The Hall–Kier alpha value is -1.59. The summed E-state index contributed by atoms with van der Waals surface area (Å²) in [5.41, 5.74) is 6.45. The maximum atomic E-state index is 12.8. The van der Waals surface area contributed by atoms with Gasteiger partial charge in [-0.15, -0.1) is 0 Å². The highest BCUT2D eigenvalue weighted by Gasteiger charge is 2.07. The first-order valence-electron chi connectivity index (χ1n) is 4.56. The summed E-state index contributed by atoms with van der Waals surface area (Å²) in [4.78, 5) is 7.61. The fourth-order valence-corrected chi connectivity index (χ4v) is 1.54. The van der Waals surface area contributed by atoms with Gasteiger partial charge in [0.1, 0.15) is 5.82 Å². The number of benzene rings is 1. The second kappa shape index (κ2) is 4.73. The van der Waals surface area contributed by atoms with Gasteiger partial charge in [-0.05, 0) is 29.8 Å². The Morgan fingerprint density at radius 1 is 1.29 bits per heavy atom. The monoisotopic (exact) mass is 272 g/mol. The van der Waals surface area contributed by atoms with Crippen LogP contribution in [0.5, 0.6) is 0 Å². The summed E-state index contributed by atoms with van der Waals surface area (Å²) >= 11 is 11.5. The molecule has 0 radical (unpaired) electrons. The van der Waals surface area contributed by atoms with Crippen LogP contribution in [-0.2, 0) is 0 Å². The molecule has 0 bridgehead atoms. The smallest absolute Gasteiger partial charge is 0.224 e. The molecule has 2 rings (SSSR count). The molecule has 3 N–H and O–H groups in total. The van der Waals surface area contributed by atoms with Crippen molar-refractivity contribution < 1.29 is 4.39 Å². The maximum absolute atomic E-state index is 12.8. The van der Waals surface area contributed by atoms with Gasteiger partial charge in [-0.3, -0.25) is 0 Å². The van der Waals surface area contributed by atoms with Crippen molar-refractivity contribution in [2.45, 2.75) is 0 Å². The summed E-state index contributed by atoms with van der Waals surface area (Å²) in [6.07, 6.45) is 1.37. The van der Waals surface area contributed by atoms with E-state index in [-0.39, 0.29) is 10.3 Å². The van der Waals surface area contributed by atoms with E-state index >= 15 is 0 Å².